The number of esters is 2. The summed E-state index contributed by atoms with van der Waals surface area (Å²) in [6.45, 7) is 0.422. The molecule has 146 valence electrons. The molecule has 0 radical (unpaired) electrons. The number of hydrogen-bond donors (Lipinski definition) is 0. The quantitative estimate of drug-likeness (QED) is 0.669. The monoisotopic (exact) mass is 413 g/mol. The van der Waals surface area contributed by atoms with Gasteiger partial charge in [0, 0.05) is 18.7 Å². The van der Waals surface area contributed by atoms with E-state index in [-0.39, 0.29) is 31.4 Å². The molecule has 0 bridgehead atoms. The molecule has 1 aliphatic heterocycles. The van der Waals surface area contributed by atoms with Crippen molar-refractivity contribution in [3.05, 3.63) is 41.2 Å². The predicted molar refractivity (Wildman–Crippen MR) is 95.6 cm³/mol. The van der Waals surface area contributed by atoms with Crippen LogP contribution in [0.1, 0.15) is 29.0 Å². The third-order valence-corrected chi connectivity index (χ3v) is 7.64. The second-order valence-electron chi connectivity index (χ2n) is 5.98. The number of hydrogen-bond acceptors (Lipinski definition) is 8. The van der Waals surface area contributed by atoms with Crippen LogP contribution in [0.4, 0.5) is 0 Å². The number of furan rings is 1. The normalized spacial score (nSPS) is 16.2. The zero-order valence-corrected chi connectivity index (χ0v) is 16.3. The number of methoxy groups -OCH3 is 1. The third-order valence-electron chi connectivity index (χ3n) is 4.36. The molecule has 10 heteroatoms. The average molecular weight is 413 g/mol. The Balaban J connectivity index is 1.53. The van der Waals surface area contributed by atoms with Crippen molar-refractivity contribution in [3.63, 3.8) is 0 Å². The van der Waals surface area contributed by atoms with Crippen molar-refractivity contribution in [1.82, 2.24) is 4.31 Å². The van der Waals surface area contributed by atoms with Gasteiger partial charge in [0.2, 0.25) is 5.76 Å². The van der Waals surface area contributed by atoms with Crippen molar-refractivity contribution >= 4 is 33.3 Å². The number of thiophene rings is 1. The number of carbonyl (C=O) groups excluding carboxylic acids is 2. The topological polar surface area (TPSA) is 103 Å². The van der Waals surface area contributed by atoms with Gasteiger partial charge in [0.15, 0.2) is 0 Å². The molecule has 2 aromatic rings. The Morgan fingerprint density at radius 1 is 1.30 bits per heavy atom. The van der Waals surface area contributed by atoms with E-state index in [1.54, 1.807) is 17.5 Å². The van der Waals surface area contributed by atoms with Crippen LogP contribution in [-0.2, 0) is 30.9 Å². The van der Waals surface area contributed by atoms with Gasteiger partial charge < -0.3 is 13.9 Å². The minimum absolute atomic E-state index is 0.00200. The molecule has 0 aliphatic carbocycles. The fourth-order valence-corrected chi connectivity index (χ4v) is 5.47. The summed E-state index contributed by atoms with van der Waals surface area (Å²) in [6.07, 6.45) is 2.10. The number of sulfonamides is 1. The SMILES string of the molecule is COC(=O)c1occc1COC(=O)C1CCN(S(=O)(=O)c2cccs2)CC1. The number of carbonyl (C=O) groups is 2. The standard InChI is InChI=1S/C17H19NO7S2/c1-23-17(20)15-13(6-9-24-15)11-25-16(19)12-4-7-18(8-5-12)27(21,22)14-3-2-10-26-14/h2-3,6,9-10,12H,4-5,7-8,11H2,1H3. The van der Waals surface area contributed by atoms with Crippen LogP contribution in [0.2, 0.25) is 0 Å². The van der Waals surface area contributed by atoms with E-state index in [2.05, 4.69) is 4.74 Å². The van der Waals surface area contributed by atoms with Crippen LogP contribution in [0.15, 0.2) is 38.5 Å². The van der Waals surface area contributed by atoms with Gasteiger partial charge >= 0.3 is 11.9 Å². The van der Waals surface area contributed by atoms with Gasteiger partial charge in [-0.2, -0.15) is 4.31 Å². The number of ether oxygens (including phenoxy) is 2. The van der Waals surface area contributed by atoms with Crippen molar-refractivity contribution < 1.29 is 31.9 Å². The first kappa shape index (κ1) is 19.6. The van der Waals surface area contributed by atoms with E-state index in [0.29, 0.717) is 22.6 Å². The number of piperidine rings is 1. The summed E-state index contributed by atoms with van der Waals surface area (Å²) in [5.41, 5.74) is 0.424. The molecule has 1 fully saturated rings. The van der Waals surface area contributed by atoms with E-state index in [9.17, 15) is 18.0 Å². The van der Waals surface area contributed by atoms with E-state index < -0.39 is 22.0 Å². The van der Waals surface area contributed by atoms with Crippen molar-refractivity contribution in [3.8, 4) is 0 Å². The molecule has 0 unspecified atom stereocenters. The molecule has 8 nitrogen and oxygen atoms in total. The molecule has 27 heavy (non-hydrogen) atoms. The van der Waals surface area contributed by atoms with Crippen LogP contribution in [0.5, 0.6) is 0 Å². The zero-order valence-electron chi connectivity index (χ0n) is 14.6. The lowest BCUT2D eigenvalue weighted by Gasteiger charge is -2.29. The van der Waals surface area contributed by atoms with Gasteiger partial charge in [-0.1, -0.05) is 6.07 Å². The summed E-state index contributed by atoms with van der Waals surface area (Å²) in [7, 11) is -2.26. The second kappa shape index (κ2) is 8.24. The van der Waals surface area contributed by atoms with Crippen molar-refractivity contribution in [2.75, 3.05) is 20.2 Å². The second-order valence-corrected chi connectivity index (χ2v) is 9.10. The lowest BCUT2D eigenvalue weighted by molar-refractivity contribution is -0.151. The highest BCUT2D eigenvalue weighted by atomic mass is 32.2. The molecule has 1 saturated heterocycles. The molecule has 0 aromatic carbocycles. The first-order valence-electron chi connectivity index (χ1n) is 8.28. The molecule has 3 heterocycles. The van der Waals surface area contributed by atoms with Crippen LogP contribution >= 0.6 is 11.3 Å². The van der Waals surface area contributed by atoms with Crippen molar-refractivity contribution in [1.29, 1.82) is 0 Å². The Labute approximate surface area is 160 Å². The Hall–Kier alpha value is -2.17. The van der Waals surface area contributed by atoms with E-state index in [0.717, 1.165) is 0 Å². The van der Waals surface area contributed by atoms with E-state index >= 15 is 0 Å². The van der Waals surface area contributed by atoms with Gasteiger partial charge in [-0.05, 0) is 30.4 Å². The largest absolute Gasteiger partial charge is 0.463 e. The lowest BCUT2D eigenvalue weighted by atomic mass is 9.98. The molecule has 0 N–H and O–H groups in total. The fourth-order valence-electron chi connectivity index (χ4n) is 2.86. The van der Waals surface area contributed by atoms with Crippen LogP contribution in [0.3, 0.4) is 0 Å². The summed E-state index contributed by atoms with van der Waals surface area (Å²) in [5.74, 6) is -1.44. The summed E-state index contributed by atoms with van der Waals surface area (Å²) in [4.78, 5) is 23.8. The lowest BCUT2D eigenvalue weighted by Crippen LogP contribution is -2.40. The Kier molecular flexibility index (Phi) is 5.98. The average Bonchev–Trinajstić information content (AvgIpc) is 3.37. The number of nitrogens with zero attached hydrogens (tertiary/aromatic N) is 1. The van der Waals surface area contributed by atoms with Gasteiger partial charge in [-0.15, -0.1) is 11.3 Å². The summed E-state index contributed by atoms with van der Waals surface area (Å²) < 4.78 is 41.6. The maximum Gasteiger partial charge on any atom is 0.374 e. The highest BCUT2D eigenvalue weighted by molar-refractivity contribution is 7.91. The molecule has 0 atom stereocenters. The Bertz CT molecular complexity index is 894. The third kappa shape index (κ3) is 4.23. The summed E-state index contributed by atoms with van der Waals surface area (Å²) in [5, 5.41) is 1.72. The molecule has 2 aromatic heterocycles. The van der Waals surface area contributed by atoms with Crippen molar-refractivity contribution in [2.45, 2.75) is 23.7 Å². The Morgan fingerprint density at radius 2 is 2.04 bits per heavy atom. The smallest absolute Gasteiger partial charge is 0.374 e. The highest BCUT2D eigenvalue weighted by Gasteiger charge is 2.33. The minimum Gasteiger partial charge on any atom is -0.463 e. The molecule has 0 spiro atoms. The first-order chi connectivity index (χ1) is 12.9. The van der Waals surface area contributed by atoms with Crippen LogP contribution in [0, 0.1) is 5.92 Å². The minimum atomic E-state index is -3.50. The van der Waals surface area contributed by atoms with E-state index in [4.69, 9.17) is 9.15 Å². The van der Waals surface area contributed by atoms with Gasteiger partial charge in [-0.25, -0.2) is 13.2 Å². The van der Waals surface area contributed by atoms with Crippen LogP contribution in [0.25, 0.3) is 0 Å². The highest BCUT2D eigenvalue weighted by Crippen LogP contribution is 2.27. The predicted octanol–water partition coefficient (Wildman–Crippen LogP) is 2.27. The molecular weight excluding hydrogens is 394 g/mol. The molecule has 0 amide bonds. The van der Waals surface area contributed by atoms with Crippen LogP contribution < -0.4 is 0 Å². The van der Waals surface area contributed by atoms with Gasteiger partial charge in [-0.3, -0.25) is 4.79 Å². The maximum absolute atomic E-state index is 12.5. The first-order valence-corrected chi connectivity index (χ1v) is 10.6. The maximum atomic E-state index is 12.5. The van der Waals surface area contributed by atoms with Gasteiger partial charge in [0.05, 0.1) is 19.3 Å². The molecule has 1 aliphatic rings. The molecule has 3 rings (SSSR count). The van der Waals surface area contributed by atoms with E-state index in [1.807, 2.05) is 0 Å². The van der Waals surface area contributed by atoms with E-state index in [1.165, 1.54) is 35.1 Å². The number of rotatable bonds is 6. The zero-order chi connectivity index (χ0) is 19.4. The van der Waals surface area contributed by atoms with Gasteiger partial charge in [0.1, 0.15) is 10.8 Å². The fraction of sp³-hybridized carbons (Fsp3) is 0.412. The van der Waals surface area contributed by atoms with Crippen molar-refractivity contribution in [2.24, 2.45) is 5.92 Å². The molecular formula is C17H19NO7S2. The van der Waals surface area contributed by atoms with Crippen LogP contribution in [-0.4, -0.2) is 44.9 Å². The summed E-state index contributed by atoms with van der Waals surface area (Å²) in [6, 6.07) is 4.81. The molecule has 0 saturated carbocycles. The van der Waals surface area contributed by atoms with Gasteiger partial charge in [0.25, 0.3) is 10.0 Å². The summed E-state index contributed by atoms with van der Waals surface area (Å²) >= 11 is 1.17. The Morgan fingerprint density at radius 3 is 2.67 bits per heavy atom.